The molecule has 1 aromatic heterocycles. The molecule has 0 saturated carbocycles. The predicted octanol–water partition coefficient (Wildman–Crippen LogP) is 1.54. The van der Waals surface area contributed by atoms with Gasteiger partial charge in [0.05, 0.1) is 41.5 Å². The van der Waals surface area contributed by atoms with Crippen LogP contribution in [-0.2, 0) is 32.6 Å². The lowest BCUT2D eigenvalue weighted by Crippen LogP contribution is -2.39. The third kappa shape index (κ3) is 7.06. The Labute approximate surface area is 193 Å². The van der Waals surface area contributed by atoms with Crippen LogP contribution in [-0.4, -0.2) is 43.1 Å². The number of amides is 1. The monoisotopic (exact) mass is 504 g/mol. The number of furan rings is 1. The van der Waals surface area contributed by atoms with Crippen molar-refractivity contribution in [3.63, 3.8) is 0 Å². The lowest BCUT2D eigenvalue weighted by atomic mass is 10.0. The fourth-order valence-corrected chi connectivity index (χ4v) is 4.07. The van der Waals surface area contributed by atoms with Crippen molar-refractivity contribution in [1.29, 1.82) is 0 Å². The summed E-state index contributed by atoms with van der Waals surface area (Å²) in [5, 5.41) is 29.1. The topological polar surface area (TPSA) is 204 Å². The van der Waals surface area contributed by atoms with Gasteiger partial charge in [-0.05, 0) is 24.6 Å². The van der Waals surface area contributed by atoms with E-state index >= 15 is 0 Å². The van der Waals surface area contributed by atoms with Gasteiger partial charge in [0.15, 0.2) is 0 Å². The molecule has 13 nitrogen and oxygen atoms in total. The van der Waals surface area contributed by atoms with Gasteiger partial charge in [-0.2, -0.15) is 0 Å². The first-order valence-corrected chi connectivity index (χ1v) is 11.3. The number of carboxylic acid groups (broad SMARTS) is 1. The summed E-state index contributed by atoms with van der Waals surface area (Å²) in [4.78, 5) is 38.5. The average Bonchev–Trinajstić information content (AvgIpc) is 3.23. The number of nitrogens with zero attached hydrogens (tertiary/aromatic N) is 1. The number of rotatable bonds is 12. The number of hydrogen-bond donors (Lipinski definition) is 4. The zero-order chi connectivity index (χ0) is 24.8. The van der Waals surface area contributed by atoms with Crippen molar-refractivity contribution < 1.29 is 37.5 Å². The number of primary sulfonamides is 1. The van der Waals surface area contributed by atoms with Gasteiger partial charge >= 0.3 is 5.97 Å². The number of carboxylic acids is 1. The number of sulfonamides is 1. The summed E-state index contributed by atoms with van der Waals surface area (Å²) >= 11 is 6.24. The molecule has 5 N–H and O–H groups in total. The molecule has 1 aromatic carbocycles. The van der Waals surface area contributed by atoms with E-state index in [-0.39, 0.29) is 24.2 Å². The minimum atomic E-state index is -4.44. The Morgan fingerprint density at radius 2 is 2.12 bits per heavy atom. The highest BCUT2D eigenvalue weighted by Gasteiger charge is 2.27. The van der Waals surface area contributed by atoms with Gasteiger partial charge in [-0.1, -0.05) is 18.5 Å². The normalized spacial score (nSPS) is 12.1. The highest BCUT2D eigenvalue weighted by Crippen LogP contribution is 2.35. The third-order valence-electron chi connectivity index (χ3n) is 4.46. The number of benzene rings is 1. The molecule has 1 atom stereocenters. The second-order valence-corrected chi connectivity index (χ2v) is 8.65. The van der Waals surface area contributed by atoms with Crippen LogP contribution in [0.25, 0.3) is 0 Å². The van der Waals surface area contributed by atoms with Gasteiger partial charge in [-0.25, -0.2) is 18.4 Å². The molecule has 1 heterocycles. The van der Waals surface area contributed by atoms with E-state index in [9.17, 15) is 33.2 Å². The summed E-state index contributed by atoms with van der Waals surface area (Å²) in [5.41, 5.74) is -0.739. The second kappa shape index (κ2) is 11.0. The highest BCUT2D eigenvalue weighted by atomic mass is 35.5. The van der Waals surface area contributed by atoms with Crippen LogP contribution in [0.1, 0.15) is 35.0 Å². The standard InChI is InChI=1S/C18H21ClN4O9S/c1-2-10(9-32-23(27)28)22-15(24)7-12-16(19)14(33(20,29)30)6-13(18(25)26)17(12)21-8-11-4-3-5-31-11/h3-6,10,21H,2,7-9H2,1H3,(H,22,24)(H,25,26)(H2,20,29,30)/t10-/m1/s1. The Balaban J connectivity index is 2.47. The molecule has 1 amide bonds. The summed E-state index contributed by atoms with van der Waals surface area (Å²) in [6, 6.07) is 3.28. The van der Waals surface area contributed by atoms with Crippen molar-refractivity contribution in [2.45, 2.75) is 37.2 Å². The SMILES string of the molecule is CC[C@H](CO[N+](=O)[O-])NC(=O)Cc1c(Cl)c(S(N)(=O)=O)cc(C(=O)O)c1NCc1ccco1. The van der Waals surface area contributed by atoms with Crippen LogP contribution in [0.5, 0.6) is 0 Å². The van der Waals surface area contributed by atoms with Crippen LogP contribution in [0.15, 0.2) is 33.8 Å². The van der Waals surface area contributed by atoms with Crippen LogP contribution in [0.2, 0.25) is 5.02 Å². The molecule has 0 fully saturated rings. The smallest absolute Gasteiger partial charge is 0.337 e. The molecule has 2 rings (SSSR count). The van der Waals surface area contributed by atoms with Gasteiger partial charge in [0.25, 0.3) is 5.09 Å². The second-order valence-electron chi connectivity index (χ2n) is 6.74. The van der Waals surface area contributed by atoms with Crippen molar-refractivity contribution in [3.05, 3.63) is 56.5 Å². The Kier molecular flexibility index (Phi) is 8.62. The van der Waals surface area contributed by atoms with Crippen molar-refractivity contribution in [1.82, 2.24) is 5.32 Å². The Morgan fingerprint density at radius 3 is 2.64 bits per heavy atom. The van der Waals surface area contributed by atoms with Crippen molar-refractivity contribution >= 4 is 39.2 Å². The number of nitrogens with one attached hydrogen (secondary N) is 2. The molecule has 0 radical (unpaired) electrons. The van der Waals surface area contributed by atoms with E-state index in [2.05, 4.69) is 15.5 Å². The quantitative estimate of drug-likeness (QED) is 0.242. The van der Waals surface area contributed by atoms with E-state index in [1.165, 1.54) is 6.26 Å². The van der Waals surface area contributed by atoms with Crippen LogP contribution < -0.4 is 15.8 Å². The van der Waals surface area contributed by atoms with E-state index in [1.54, 1.807) is 19.1 Å². The lowest BCUT2D eigenvalue weighted by Gasteiger charge is -2.20. The third-order valence-corrected chi connectivity index (χ3v) is 5.94. The van der Waals surface area contributed by atoms with Gasteiger partial charge < -0.3 is 25.0 Å². The fraction of sp³-hybridized carbons (Fsp3) is 0.333. The lowest BCUT2D eigenvalue weighted by molar-refractivity contribution is -0.758. The first kappa shape index (κ1) is 25.9. The number of anilines is 1. The van der Waals surface area contributed by atoms with Crippen LogP contribution in [0.3, 0.4) is 0 Å². The molecule has 15 heteroatoms. The molecule has 0 unspecified atom stereocenters. The van der Waals surface area contributed by atoms with Crippen molar-refractivity contribution in [2.75, 3.05) is 11.9 Å². The van der Waals surface area contributed by atoms with E-state index in [0.29, 0.717) is 5.76 Å². The minimum absolute atomic E-state index is 0.00120. The van der Waals surface area contributed by atoms with Gasteiger partial charge in [0.1, 0.15) is 17.3 Å². The van der Waals surface area contributed by atoms with E-state index in [4.69, 9.17) is 21.2 Å². The zero-order valence-electron chi connectivity index (χ0n) is 17.2. The molecular weight excluding hydrogens is 484 g/mol. The van der Waals surface area contributed by atoms with Crippen LogP contribution in [0.4, 0.5) is 5.69 Å². The molecular formula is C18H21ClN4O9S. The minimum Gasteiger partial charge on any atom is -0.478 e. The number of hydrogen-bond acceptors (Lipinski definition) is 9. The number of carbonyl (C=O) groups excluding carboxylic acids is 1. The molecule has 0 aliphatic carbocycles. The number of halogens is 1. The van der Waals surface area contributed by atoms with Crippen molar-refractivity contribution in [2.24, 2.45) is 5.14 Å². The van der Waals surface area contributed by atoms with Gasteiger partial charge in [0.2, 0.25) is 15.9 Å². The Morgan fingerprint density at radius 1 is 1.42 bits per heavy atom. The molecule has 180 valence electrons. The molecule has 0 spiro atoms. The number of carbonyl (C=O) groups is 2. The maximum Gasteiger partial charge on any atom is 0.337 e. The summed E-state index contributed by atoms with van der Waals surface area (Å²) in [7, 11) is -4.44. The van der Waals surface area contributed by atoms with Gasteiger partial charge in [-0.15, -0.1) is 10.1 Å². The summed E-state index contributed by atoms with van der Waals surface area (Å²) in [6.07, 6.45) is 1.13. The van der Waals surface area contributed by atoms with Gasteiger partial charge in [0, 0.05) is 5.56 Å². The molecule has 33 heavy (non-hydrogen) atoms. The Bertz CT molecular complexity index is 1140. The first-order valence-electron chi connectivity index (χ1n) is 9.38. The van der Waals surface area contributed by atoms with E-state index in [0.717, 1.165) is 6.07 Å². The summed E-state index contributed by atoms with van der Waals surface area (Å²) in [6.45, 7) is 1.24. The Hall–Kier alpha value is -3.36. The molecule has 0 saturated heterocycles. The zero-order valence-corrected chi connectivity index (χ0v) is 18.8. The number of nitrogens with two attached hydrogens (primary N) is 1. The highest BCUT2D eigenvalue weighted by molar-refractivity contribution is 7.89. The molecule has 2 aromatic rings. The van der Waals surface area contributed by atoms with Crippen LogP contribution >= 0.6 is 11.6 Å². The fourth-order valence-electron chi connectivity index (χ4n) is 2.87. The summed E-state index contributed by atoms with van der Waals surface area (Å²) < 4.78 is 29.2. The van der Waals surface area contributed by atoms with Crippen molar-refractivity contribution in [3.8, 4) is 0 Å². The predicted molar refractivity (Wildman–Crippen MR) is 115 cm³/mol. The molecule has 0 aliphatic rings. The molecule has 0 aliphatic heterocycles. The maximum atomic E-state index is 12.6. The maximum absolute atomic E-state index is 12.6. The first-order chi connectivity index (χ1) is 15.4. The van der Waals surface area contributed by atoms with E-state index < -0.39 is 61.5 Å². The summed E-state index contributed by atoms with van der Waals surface area (Å²) in [5.74, 6) is -1.78. The van der Waals surface area contributed by atoms with Gasteiger partial charge in [-0.3, -0.25) is 4.79 Å². The average molecular weight is 505 g/mol. The van der Waals surface area contributed by atoms with E-state index in [1.807, 2.05) is 0 Å². The molecule has 0 bridgehead atoms. The van der Waals surface area contributed by atoms with Crippen LogP contribution in [0, 0.1) is 10.1 Å². The largest absolute Gasteiger partial charge is 0.478 e. The number of aromatic carboxylic acids is 1.